The largest absolute Gasteiger partial charge is 0.378 e. The van der Waals surface area contributed by atoms with Gasteiger partial charge < -0.3 is 5.32 Å². The molecule has 0 radical (unpaired) electrons. The Morgan fingerprint density at radius 1 is 0.838 bits per heavy atom. The van der Waals surface area contributed by atoms with Gasteiger partial charge in [0.2, 0.25) is 5.16 Å². The first-order valence-electron chi connectivity index (χ1n) is 10.4. The molecule has 0 unspecified atom stereocenters. The van der Waals surface area contributed by atoms with E-state index in [1.807, 2.05) is 0 Å². The SMILES string of the molecule is Fc1ccc(NCc2nnc3n2N=C(c2cc(F)c(Cl)cc2Cl)/C(=C/c2ccc(Cl)cc2Cl)S3)cc1Cl. The highest BCUT2D eigenvalue weighted by Crippen LogP contribution is 2.38. The first kappa shape index (κ1) is 26.3. The number of anilines is 1. The van der Waals surface area contributed by atoms with E-state index in [0.29, 0.717) is 48.5 Å². The van der Waals surface area contributed by atoms with Crippen molar-refractivity contribution in [2.45, 2.75) is 11.7 Å². The van der Waals surface area contributed by atoms with Crippen LogP contribution < -0.4 is 5.32 Å². The summed E-state index contributed by atoms with van der Waals surface area (Å²) in [5, 5.41) is 17.7. The fourth-order valence-electron chi connectivity index (χ4n) is 3.40. The number of nitrogens with one attached hydrogen (secondary N) is 1. The minimum absolute atomic E-state index is 0.0146. The van der Waals surface area contributed by atoms with Gasteiger partial charge in [-0.25, -0.2) is 8.78 Å². The van der Waals surface area contributed by atoms with Crippen LogP contribution in [0.4, 0.5) is 14.5 Å². The zero-order valence-corrected chi connectivity index (χ0v) is 22.8. The lowest BCUT2D eigenvalue weighted by Crippen LogP contribution is -2.15. The number of nitrogens with zero attached hydrogens (tertiary/aromatic N) is 4. The monoisotopic (exact) mass is 615 g/mol. The quantitative estimate of drug-likeness (QED) is 0.228. The van der Waals surface area contributed by atoms with Crippen molar-refractivity contribution in [3.8, 4) is 0 Å². The minimum atomic E-state index is -0.651. The molecule has 0 saturated heterocycles. The molecule has 1 aliphatic rings. The maximum atomic E-state index is 14.5. The summed E-state index contributed by atoms with van der Waals surface area (Å²) in [6.07, 6.45) is 1.78. The number of fused-ring (bicyclic) bond motifs is 1. The lowest BCUT2D eigenvalue weighted by Gasteiger charge is -2.19. The molecule has 0 amide bonds. The summed E-state index contributed by atoms with van der Waals surface area (Å²) in [4.78, 5) is 0.595. The molecule has 0 saturated carbocycles. The second-order valence-corrected chi connectivity index (χ2v) is 10.7. The average molecular weight is 618 g/mol. The van der Waals surface area contributed by atoms with Gasteiger partial charge in [0, 0.05) is 26.2 Å². The number of benzene rings is 3. The number of hydrogen-bond donors (Lipinski definition) is 1. The molecule has 4 aromatic rings. The average Bonchev–Trinajstić information content (AvgIpc) is 3.25. The molecule has 5 nitrogen and oxygen atoms in total. The Labute approximate surface area is 239 Å². The molecule has 0 spiro atoms. The number of thioether (sulfide) groups is 1. The summed E-state index contributed by atoms with van der Waals surface area (Å²) in [5.41, 5.74) is 1.91. The van der Waals surface area contributed by atoms with E-state index in [1.54, 1.807) is 30.3 Å². The van der Waals surface area contributed by atoms with Crippen LogP contribution >= 0.6 is 69.8 Å². The molecule has 0 bridgehead atoms. The van der Waals surface area contributed by atoms with Crippen molar-refractivity contribution in [2.24, 2.45) is 5.10 Å². The molecule has 1 aliphatic heterocycles. The maximum Gasteiger partial charge on any atom is 0.217 e. The highest BCUT2D eigenvalue weighted by atomic mass is 35.5. The van der Waals surface area contributed by atoms with E-state index < -0.39 is 11.6 Å². The first-order valence-corrected chi connectivity index (χ1v) is 13.1. The summed E-state index contributed by atoms with van der Waals surface area (Å²) in [7, 11) is 0. The standard InChI is InChI=1S/C24H12Cl5F2N5S/c25-12-2-1-11(15(26)6-12)5-21-23(14-8-20(31)18(29)9-16(14)27)35-36-22(33-34-24(36)37-21)10-32-13-3-4-19(30)17(28)7-13/h1-9,32H,10H2/b21-5-. The van der Waals surface area contributed by atoms with Crippen molar-refractivity contribution in [2.75, 3.05) is 5.32 Å². The lowest BCUT2D eigenvalue weighted by atomic mass is 10.1. The molecule has 188 valence electrons. The molecule has 0 fully saturated rings. The van der Waals surface area contributed by atoms with Crippen molar-refractivity contribution in [3.63, 3.8) is 0 Å². The third-order valence-electron chi connectivity index (χ3n) is 5.20. The maximum absolute atomic E-state index is 14.5. The summed E-state index contributed by atoms with van der Waals surface area (Å²) < 4.78 is 29.5. The number of allylic oxidation sites excluding steroid dienone is 1. The number of rotatable bonds is 5. The van der Waals surface area contributed by atoms with Gasteiger partial charge in [-0.2, -0.15) is 9.78 Å². The third kappa shape index (κ3) is 5.60. The molecule has 1 N–H and O–H groups in total. The molecule has 0 aliphatic carbocycles. The van der Waals surface area contributed by atoms with E-state index in [2.05, 4.69) is 15.5 Å². The summed E-state index contributed by atoms with van der Waals surface area (Å²) in [5.74, 6) is -0.734. The first-order chi connectivity index (χ1) is 17.7. The van der Waals surface area contributed by atoms with Crippen LogP contribution in [0.3, 0.4) is 0 Å². The van der Waals surface area contributed by atoms with Crippen LogP contribution in [0.1, 0.15) is 17.0 Å². The van der Waals surface area contributed by atoms with Crippen molar-refractivity contribution < 1.29 is 8.78 Å². The Bertz CT molecular complexity index is 1600. The minimum Gasteiger partial charge on any atom is -0.378 e. The van der Waals surface area contributed by atoms with Gasteiger partial charge in [0.15, 0.2) is 5.82 Å². The molecule has 2 heterocycles. The summed E-state index contributed by atoms with van der Waals surface area (Å²) in [6, 6.07) is 11.9. The van der Waals surface area contributed by atoms with Crippen LogP contribution in [0, 0.1) is 11.6 Å². The fraction of sp³-hybridized carbons (Fsp3) is 0.0417. The van der Waals surface area contributed by atoms with Gasteiger partial charge in [-0.15, -0.1) is 10.2 Å². The van der Waals surface area contributed by atoms with E-state index in [1.165, 1.54) is 40.7 Å². The van der Waals surface area contributed by atoms with E-state index in [4.69, 9.17) is 63.1 Å². The molecule has 37 heavy (non-hydrogen) atoms. The Morgan fingerprint density at radius 2 is 1.62 bits per heavy atom. The van der Waals surface area contributed by atoms with Crippen LogP contribution in [0.5, 0.6) is 0 Å². The lowest BCUT2D eigenvalue weighted by molar-refractivity contribution is 0.627. The Kier molecular flexibility index (Phi) is 7.68. The molecule has 13 heteroatoms. The van der Waals surface area contributed by atoms with Gasteiger partial charge in [-0.05, 0) is 65.9 Å². The fourth-order valence-corrected chi connectivity index (χ4v) is 5.46. The van der Waals surface area contributed by atoms with Gasteiger partial charge in [-0.1, -0.05) is 64.1 Å². The summed E-state index contributed by atoms with van der Waals surface area (Å²) in [6.45, 7) is 0.192. The van der Waals surface area contributed by atoms with Gasteiger partial charge >= 0.3 is 0 Å². The topological polar surface area (TPSA) is 55.1 Å². The van der Waals surface area contributed by atoms with Crippen molar-refractivity contribution in [1.82, 2.24) is 14.9 Å². The molecule has 3 aromatic carbocycles. The predicted octanol–water partition coefficient (Wildman–Crippen LogP) is 8.83. The van der Waals surface area contributed by atoms with Crippen LogP contribution in [0.15, 0.2) is 63.7 Å². The van der Waals surface area contributed by atoms with Crippen molar-refractivity contribution >= 4 is 87.2 Å². The van der Waals surface area contributed by atoms with Gasteiger partial charge in [0.25, 0.3) is 0 Å². The zero-order chi connectivity index (χ0) is 26.3. The van der Waals surface area contributed by atoms with Crippen LogP contribution in [-0.4, -0.2) is 20.6 Å². The Hall–Kier alpha value is -2.33. The normalized spacial score (nSPS) is 14.0. The highest BCUT2D eigenvalue weighted by Gasteiger charge is 2.26. The zero-order valence-electron chi connectivity index (χ0n) is 18.2. The van der Waals surface area contributed by atoms with E-state index >= 15 is 0 Å². The van der Waals surface area contributed by atoms with E-state index in [9.17, 15) is 8.78 Å². The van der Waals surface area contributed by atoms with Crippen molar-refractivity contribution in [3.05, 3.63) is 107 Å². The second kappa shape index (κ2) is 10.8. The summed E-state index contributed by atoms with van der Waals surface area (Å²) >= 11 is 31.9. The van der Waals surface area contributed by atoms with Crippen LogP contribution in [-0.2, 0) is 6.54 Å². The van der Waals surface area contributed by atoms with E-state index in [-0.39, 0.29) is 21.6 Å². The molecule has 1 aromatic heterocycles. The van der Waals surface area contributed by atoms with Crippen LogP contribution in [0.25, 0.3) is 6.08 Å². The second-order valence-electron chi connectivity index (χ2n) is 7.66. The molecular formula is C24H12Cl5F2N5S. The predicted molar refractivity (Wildman–Crippen MR) is 147 cm³/mol. The Balaban J connectivity index is 1.57. The number of aromatic nitrogens is 3. The van der Waals surface area contributed by atoms with Crippen LogP contribution in [0.2, 0.25) is 25.1 Å². The molecule has 0 atom stereocenters. The number of halogens is 7. The smallest absolute Gasteiger partial charge is 0.217 e. The highest BCUT2D eigenvalue weighted by molar-refractivity contribution is 8.04. The molecule has 5 rings (SSSR count). The Morgan fingerprint density at radius 3 is 2.38 bits per heavy atom. The molecular weight excluding hydrogens is 606 g/mol. The van der Waals surface area contributed by atoms with E-state index in [0.717, 1.165) is 0 Å². The van der Waals surface area contributed by atoms with Gasteiger partial charge in [-0.3, -0.25) is 0 Å². The third-order valence-corrected chi connectivity index (χ3v) is 7.62. The van der Waals surface area contributed by atoms with Crippen molar-refractivity contribution in [1.29, 1.82) is 0 Å². The van der Waals surface area contributed by atoms with Gasteiger partial charge in [0.1, 0.15) is 17.3 Å². The number of hydrogen-bond acceptors (Lipinski definition) is 5. The van der Waals surface area contributed by atoms with Gasteiger partial charge in [0.05, 0.1) is 21.6 Å².